The third-order valence-electron chi connectivity index (χ3n) is 4.61. The zero-order valence-corrected chi connectivity index (χ0v) is 15.4. The standard InChI is InChI=1S/C24H19NO3/c1-3-14-26-20-11-9-19(10-12-20)25-16-18-8-13-21-22(24(18)28-17-25)6-5-7-23(21)27-15-4-2/h1-2,5-13H,14-17H2. The Morgan fingerprint density at radius 3 is 2.46 bits per heavy atom. The lowest BCUT2D eigenvalue weighted by Gasteiger charge is -2.31. The van der Waals surface area contributed by atoms with Gasteiger partial charge in [0.25, 0.3) is 0 Å². The second kappa shape index (κ2) is 7.86. The zero-order chi connectivity index (χ0) is 19.3. The molecule has 0 aliphatic carbocycles. The second-order valence-electron chi connectivity index (χ2n) is 6.36. The van der Waals surface area contributed by atoms with E-state index in [0.29, 0.717) is 6.73 Å². The Morgan fingerprint density at radius 1 is 0.893 bits per heavy atom. The molecule has 4 rings (SSSR count). The lowest BCUT2D eigenvalue weighted by atomic mass is 10.0. The van der Waals surface area contributed by atoms with Crippen molar-refractivity contribution >= 4 is 16.5 Å². The van der Waals surface area contributed by atoms with Crippen LogP contribution in [-0.4, -0.2) is 19.9 Å². The molecule has 3 aromatic carbocycles. The van der Waals surface area contributed by atoms with Crippen LogP contribution in [-0.2, 0) is 6.54 Å². The molecule has 0 spiro atoms. The van der Waals surface area contributed by atoms with Crippen LogP contribution in [0.1, 0.15) is 5.56 Å². The molecule has 0 bridgehead atoms. The van der Waals surface area contributed by atoms with E-state index in [9.17, 15) is 0 Å². The van der Waals surface area contributed by atoms with Crippen molar-refractivity contribution in [3.8, 4) is 41.9 Å². The van der Waals surface area contributed by atoms with Crippen molar-refractivity contribution in [1.29, 1.82) is 0 Å². The summed E-state index contributed by atoms with van der Waals surface area (Å²) in [5, 5.41) is 2.03. The quantitative estimate of drug-likeness (QED) is 0.630. The van der Waals surface area contributed by atoms with Gasteiger partial charge in [-0.25, -0.2) is 0 Å². The van der Waals surface area contributed by atoms with Gasteiger partial charge in [-0.2, -0.15) is 0 Å². The number of terminal acetylenes is 2. The molecule has 138 valence electrons. The monoisotopic (exact) mass is 369 g/mol. The molecule has 28 heavy (non-hydrogen) atoms. The summed E-state index contributed by atoms with van der Waals surface area (Å²) in [6, 6.07) is 17.9. The fourth-order valence-corrected chi connectivity index (χ4v) is 3.32. The van der Waals surface area contributed by atoms with E-state index in [1.165, 1.54) is 0 Å². The minimum Gasteiger partial charge on any atom is -0.481 e. The average Bonchev–Trinajstić information content (AvgIpc) is 2.76. The molecule has 0 amide bonds. The number of benzene rings is 3. The Labute approximate surface area is 164 Å². The van der Waals surface area contributed by atoms with Crippen molar-refractivity contribution in [2.75, 3.05) is 24.8 Å². The van der Waals surface area contributed by atoms with E-state index >= 15 is 0 Å². The number of nitrogens with zero attached hydrogens (tertiary/aromatic N) is 1. The molecule has 3 aromatic rings. The van der Waals surface area contributed by atoms with Crippen LogP contribution in [0.25, 0.3) is 10.8 Å². The maximum Gasteiger partial charge on any atom is 0.161 e. The SMILES string of the molecule is C#CCOc1ccc(N2COc3c(ccc4c(OCC#C)cccc34)C2)cc1. The maximum atomic E-state index is 6.13. The first-order valence-electron chi connectivity index (χ1n) is 8.95. The van der Waals surface area contributed by atoms with Crippen LogP contribution < -0.4 is 19.1 Å². The molecular formula is C24H19NO3. The largest absolute Gasteiger partial charge is 0.481 e. The maximum absolute atomic E-state index is 6.13. The minimum absolute atomic E-state index is 0.242. The number of hydrogen-bond donors (Lipinski definition) is 0. The second-order valence-corrected chi connectivity index (χ2v) is 6.36. The summed E-state index contributed by atoms with van der Waals surface area (Å²) in [6.07, 6.45) is 10.5. The molecule has 0 fully saturated rings. The highest BCUT2D eigenvalue weighted by molar-refractivity contribution is 5.94. The molecular weight excluding hydrogens is 350 g/mol. The predicted molar refractivity (Wildman–Crippen MR) is 111 cm³/mol. The van der Waals surface area contributed by atoms with Crippen molar-refractivity contribution < 1.29 is 14.2 Å². The Bertz CT molecular complexity index is 1070. The fraction of sp³-hybridized carbons (Fsp3) is 0.167. The van der Waals surface area contributed by atoms with Gasteiger partial charge in [-0.3, -0.25) is 0 Å². The van der Waals surface area contributed by atoms with E-state index < -0.39 is 0 Å². The summed E-state index contributed by atoms with van der Waals surface area (Å²) in [7, 11) is 0. The van der Waals surface area contributed by atoms with Crippen LogP contribution in [0.4, 0.5) is 5.69 Å². The third kappa shape index (κ3) is 3.41. The Hall–Kier alpha value is -3.76. The molecule has 0 atom stereocenters. The third-order valence-corrected chi connectivity index (χ3v) is 4.61. The van der Waals surface area contributed by atoms with E-state index in [2.05, 4.69) is 28.9 Å². The van der Waals surface area contributed by atoms with Crippen molar-refractivity contribution in [3.05, 3.63) is 60.2 Å². The Kier molecular flexibility index (Phi) is 4.95. The topological polar surface area (TPSA) is 30.9 Å². The summed E-state index contributed by atoms with van der Waals surface area (Å²) < 4.78 is 17.2. The first-order valence-corrected chi connectivity index (χ1v) is 8.95. The lowest BCUT2D eigenvalue weighted by molar-refractivity contribution is 0.293. The highest BCUT2D eigenvalue weighted by Gasteiger charge is 2.20. The summed E-state index contributed by atoms with van der Waals surface area (Å²) in [5.41, 5.74) is 2.19. The summed E-state index contributed by atoms with van der Waals surface area (Å²) in [4.78, 5) is 2.16. The fourth-order valence-electron chi connectivity index (χ4n) is 3.32. The predicted octanol–water partition coefficient (Wildman–Crippen LogP) is 4.22. The first kappa shape index (κ1) is 17.6. The highest BCUT2D eigenvalue weighted by atomic mass is 16.5. The molecule has 0 unspecified atom stereocenters. The van der Waals surface area contributed by atoms with Crippen molar-refractivity contribution in [1.82, 2.24) is 0 Å². The summed E-state index contributed by atoms with van der Waals surface area (Å²) in [6.45, 7) is 1.73. The highest BCUT2D eigenvalue weighted by Crippen LogP contribution is 2.38. The number of rotatable bonds is 5. The van der Waals surface area contributed by atoms with E-state index in [0.717, 1.165) is 45.8 Å². The van der Waals surface area contributed by atoms with Crippen LogP contribution in [0.2, 0.25) is 0 Å². The molecule has 1 aliphatic rings. The lowest BCUT2D eigenvalue weighted by Crippen LogP contribution is -2.31. The molecule has 0 N–H and O–H groups in total. The van der Waals surface area contributed by atoms with Crippen LogP contribution in [0.5, 0.6) is 17.2 Å². The van der Waals surface area contributed by atoms with Gasteiger partial charge in [-0.05, 0) is 30.3 Å². The van der Waals surface area contributed by atoms with E-state index in [-0.39, 0.29) is 13.2 Å². The molecule has 1 heterocycles. The van der Waals surface area contributed by atoms with Crippen LogP contribution in [0.15, 0.2) is 54.6 Å². The van der Waals surface area contributed by atoms with Crippen LogP contribution >= 0.6 is 0 Å². The summed E-state index contributed by atoms with van der Waals surface area (Å²) >= 11 is 0. The number of anilines is 1. The van der Waals surface area contributed by atoms with Crippen molar-refractivity contribution in [2.45, 2.75) is 6.54 Å². The van der Waals surface area contributed by atoms with Crippen LogP contribution in [0, 0.1) is 24.7 Å². The molecule has 4 nitrogen and oxygen atoms in total. The zero-order valence-electron chi connectivity index (χ0n) is 15.4. The van der Waals surface area contributed by atoms with Gasteiger partial charge >= 0.3 is 0 Å². The van der Waals surface area contributed by atoms with E-state index in [1.807, 2.05) is 42.5 Å². The van der Waals surface area contributed by atoms with Gasteiger partial charge < -0.3 is 19.1 Å². The van der Waals surface area contributed by atoms with Gasteiger partial charge in [-0.15, -0.1) is 12.8 Å². The number of hydrogen-bond acceptors (Lipinski definition) is 4. The summed E-state index contributed by atoms with van der Waals surface area (Å²) in [5.74, 6) is 7.39. The van der Waals surface area contributed by atoms with E-state index in [1.54, 1.807) is 0 Å². The molecule has 4 heteroatoms. The van der Waals surface area contributed by atoms with Gasteiger partial charge in [0.05, 0.1) is 0 Å². The first-order chi connectivity index (χ1) is 13.8. The van der Waals surface area contributed by atoms with E-state index in [4.69, 9.17) is 27.1 Å². The van der Waals surface area contributed by atoms with Gasteiger partial charge in [0.1, 0.15) is 30.5 Å². The van der Waals surface area contributed by atoms with Gasteiger partial charge in [0.15, 0.2) is 6.73 Å². The Morgan fingerprint density at radius 2 is 1.68 bits per heavy atom. The normalized spacial score (nSPS) is 12.4. The van der Waals surface area contributed by atoms with Gasteiger partial charge in [-0.1, -0.05) is 36.1 Å². The molecule has 1 aliphatic heterocycles. The van der Waals surface area contributed by atoms with Crippen molar-refractivity contribution in [3.63, 3.8) is 0 Å². The smallest absolute Gasteiger partial charge is 0.161 e. The molecule has 0 saturated heterocycles. The molecule has 0 saturated carbocycles. The van der Waals surface area contributed by atoms with Crippen LogP contribution in [0.3, 0.4) is 0 Å². The average molecular weight is 369 g/mol. The number of fused-ring (bicyclic) bond motifs is 3. The van der Waals surface area contributed by atoms with Gasteiger partial charge in [0.2, 0.25) is 0 Å². The molecule has 0 aromatic heterocycles. The number of ether oxygens (including phenoxy) is 3. The molecule has 0 radical (unpaired) electrons. The Balaban J connectivity index is 1.58. The van der Waals surface area contributed by atoms with Gasteiger partial charge in [0, 0.05) is 28.6 Å². The van der Waals surface area contributed by atoms with Crippen molar-refractivity contribution in [2.24, 2.45) is 0 Å². The minimum atomic E-state index is 0.242.